The number of nitrogens with zero attached hydrogens (tertiary/aromatic N) is 1. The quantitative estimate of drug-likeness (QED) is 0.693. The van der Waals surface area contributed by atoms with Gasteiger partial charge in [-0.25, -0.2) is 5.43 Å². The number of furan rings is 1. The van der Waals surface area contributed by atoms with E-state index in [0.29, 0.717) is 5.71 Å². The van der Waals surface area contributed by atoms with Gasteiger partial charge >= 0.3 is 0 Å². The Bertz CT molecular complexity index is 893. The molecular formula is C17H15N3O3. The minimum Gasteiger partial charge on any atom is -0.463 e. The molecule has 0 spiro atoms. The number of nitrogens with one attached hydrogen (secondary N) is 2. The summed E-state index contributed by atoms with van der Waals surface area (Å²) < 4.78 is 5.41. The molecule has 3 N–H and O–H groups in total. The van der Waals surface area contributed by atoms with Gasteiger partial charge in [-0.3, -0.25) is 4.79 Å². The molecule has 1 aliphatic heterocycles. The minimum atomic E-state index is -0.273. The molecule has 0 radical (unpaired) electrons. The van der Waals surface area contributed by atoms with E-state index in [1.807, 2.05) is 36.4 Å². The maximum absolute atomic E-state index is 11.4. The van der Waals surface area contributed by atoms with Gasteiger partial charge in [0.1, 0.15) is 5.76 Å². The third-order valence-electron chi connectivity index (χ3n) is 4.04. The Kier molecular flexibility index (Phi) is 3.24. The molecule has 1 unspecified atom stereocenters. The Hall–Kier alpha value is -2.86. The number of carbonyl (C=O) groups is 1. The summed E-state index contributed by atoms with van der Waals surface area (Å²) in [5.41, 5.74) is 5.97. The summed E-state index contributed by atoms with van der Waals surface area (Å²) in [4.78, 5) is 14.7. The number of aliphatic hydroxyl groups excluding tert-OH is 1. The van der Waals surface area contributed by atoms with E-state index in [9.17, 15) is 9.90 Å². The Morgan fingerprint density at radius 2 is 2.22 bits per heavy atom. The third kappa shape index (κ3) is 2.43. The van der Waals surface area contributed by atoms with Crippen molar-refractivity contribution in [3.63, 3.8) is 0 Å². The maximum Gasteiger partial charge on any atom is 0.240 e. The predicted octanol–water partition coefficient (Wildman–Crippen LogP) is 2.26. The van der Waals surface area contributed by atoms with Crippen LogP contribution in [0.5, 0.6) is 0 Å². The summed E-state index contributed by atoms with van der Waals surface area (Å²) in [5.74, 6) is 0.332. The van der Waals surface area contributed by atoms with E-state index in [-0.39, 0.29) is 24.9 Å². The second-order valence-corrected chi connectivity index (χ2v) is 5.58. The monoisotopic (exact) mass is 309 g/mol. The number of hydrogen-bond acceptors (Lipinski definition) is 4. The number of hydrogen-bond donors (Lipinski definition) is 3. The number of aromatic nitrogens is 1. The van der Waals surface area contributed by atoms with Crippen LogP contribution in [0.1, 0.15) is 12.0 Å². The number of hydrazone groups is 1. The average Bonchev–Trinajstić information content (AvgIpc) is 3.22. The first-order chi connectivity index (χ1) is 11.2. The Balaban J connectivity index is 1.75. The van der Waals surface area contributed by atoms with Crippen molar-refractivity contribution in [1.82, 2.24) is 10.4 Å². The lowest BCUT2D eigenvalue weighted by Gasteiger charge is -2.20. The molecule has 0 saturated carbocycles. The maximum atomic E-state index is 11.4. The van der Waals surface area contributed by atoms with Gasteiger partial charge in [-0.15, -0.1) is 0 Å². The summed E-state index contributed by atoms with van der Waals surface area (Å²) in [6.07, 6.45) is 1.88. The number of aromatic amines is 1. The van der Waals surface area contributed by atoms with Crippen molar-refractivity contribution >= 4 is 22.5 Å². The van der Waals surface area contributed by atoms with Crippen LogP contribution in [0.4, 0.5) is 0 Å². The van der Waals surface area contributed by atoms with Crippen molar-refractivity contribution in [2.24, 2.45) is 11.0 Å². The third-order valence-corrected chi connectivity index (χ3v) is 4.04. The van der Waals surface area contributed by atoms with Crippen LogP contribution in [-0.4, -0.2) is 28.3 Å². The molecule has 1 aromatic carbocycles. The van der Waals surface area contributed by atoms with Crippen LogP contribution in [0.3, 0.4) is 0 Å². The Labute approximate surface area is 131 Å². The van der Waals surface area contributed by atoms with Gasteiger partial charge in [0.25, 0.3) is 0 Å². The highest BCUT2D eigenvalue weighted by molar-refractivity contribution is 6.08. The first kappa shape index (κ1) is 13.8. The zero-order valence-corrected chi connectivity index (χ0v) is 12.2. The van der Waals surface area contributed by atoms with Crippen LogP contribution >= 0.6 is 0 Å². The van der Waals surface area contributed by atoms with Crippen LogP contribution in [-0.2, 0) is 4.79 Å². The van der Waals surface area contributed by atoms with Crippen LogP contribution in [0.25, 0.3) is 22.4 Å². The van der Waals surface area contributed by atoms with Gasteiger partial charge in [-0.2, -0.15) is 5.10 Å². The van der Waals surface area contributed by atoms with E-state index < -0.39 is 0 Å². The number of rotatable bonds is 3. The van der Waals surface area contributed by atoms with Gasteiger partial charge in [-0.05, 0) is 35.9 Å². The van der Waals surface area contributed by atoms with Crippen molar-refractivity contribution < 1.29 is 14.3 Å². The highest BCUT2D eigenvalue weighted by Gasteiger charge is 2.25. The van der Waals surface area contributed by atoms with Crippen molar-refractivity contribution in [2.75, 3.05) is 6.61 Å². The average molecular weight is 309 g/mol. The second kappa shape index (κ2) is 5.40. The molecule has 6 heteroatoms. The van der Waals surface area contributed by atoms with Gasteiger partial charge in [0.2, 0.25) is 5.91 Å². The highest BCUT2D eigenvalue weighted by atomic mass is 16.3. The highest BCUT2D eigenvalue weighted by Crippen LogP contribution is 2.26. The number of amides is 1. The van der Waals surface area contributed by atoms with Gasteiger partial charge < -0.3 is 14.5 Å². The fourth-order valence-electron chi connectivity index (χ4n) is 2.89. The van der Waals surface area contributed by atoms with Crippen LogP contribution in [0.15, 0.2) is 52.2 Å². The standard InChI is InChI=1S/C17H15N3O3/c21-9-12-8-16(22)19-20-17(12)10-3-4-13-11(6-10)7-14(18-13)15-2-1-5-23-15/h1-7,12,18,21H,8-9H2,(H,19,22). The molecule has 3 aromatic rings. The number of carbonyl (C=O) groups excluding carboxylic acids is 1. The number of H-pyrrole nitrogens is 1. The van der Waals surface area contributed by atoms with E-state index in [4.69, 9.17) is 4.42 Å². The van der Waals surface area contributed by atoms with E-state index in [1.165, 1.54) is 0 Å². The summed E-state index contributed by atoms with van der Waals surface area (Å²) in [7, 11) is 0. The van der Waals surface area contributed by atoms with Crippen molar-refractivity contribution in [3.8, 4) is 11.5 Å². The normalized spacial score (nSPS) is 18.0. The number of fused-ring (bicyclic) bond motifs is 1. The molecule has 4 rings (SSSR count). The van der Waals surface area contributed by atoms with Crippen molar-refractivity contribution in [3.05, 3.63) is 48.2 Å². The van der Waals surface area contributed by atoms with Crippen LogP contribution in [0, 0.1) is 5.92 Å². The molecule has 2 aromatic heterocycles. The van der Waals surface area contributed by atoms with Crippen molar-refractivity contribution in [1.29, 1.82) is 0 Å². The summed E-state index contributed by atoms with van der Waals surface area (Å²) in [6, 6.07) is 11.6. The predicted molar refractivity (Wildman–Crippen MR) is 85.9 cm³/mol. The Morgan fingerprint density at radius 3 is 3.00 bits per heavy atom. The lowest BCUT2D eigenvalue weighted by molar-refractivity contribution is -0.122. The molecule has 0 bridgehead atoms. The molecule has 0 fully saturated rings. The molecule has 23 heavy (non-hydrogen) atoms. The minimum absolute atomic E-state index is 0.102. The molecule has 3 heterocycles. The molecule has 116 valence electrons. The largest absolute Gasteiger partial charge is 0.463 e. The topological polar surface area (TPSA) is 90.6 Å². The second-order valence-electron chi connectivity index (χ2n) is 5.58. The first-order valence-corrected chi connectivity index (χ1v) is 7.39. The van der Waals surface area contributed by atoms with E-state index in [2.05, 4.69) is 15.5 Å². The molecular weight excluding hydrogens is 294 g/mol. The molecule has 6 nitrogen and oxygen atoms in total. The fourth-order valence-corrected chi connectivity index (χ4v) is 2.89. The molecule has 1 atom stereocenters. The zero-order valence-electron chi connectivity index (χ0n) is 12.2. The SMILES string of the molecule is O=C1CC(CO)C(c2ccc3[nH]c(-c4ccco4)cc3c2)=NN1. The smallest absolute Gasteiger partial charge is 0.240 e. The van der Waals surface area contributed by atoms with Gasteiger partial charge in [0, 0.05) is 23.2 Å². The zero-order chi connectivity index (χ0) is 15.8. The Morgan fingerprint density at radius 1 is 1.30 bits per heavy atom. The van der Waals surface area contributed by atoms with E-state index in [1.54, 1.807) is 6.26 Å². The van der Waals surface area contributed by atoms with Gasteiger partial charge in [0.15, 0.2) is 0 Å². The summed E-state index contributed by atoms with van der Waals surface area (Å²) in [6.45, 7) is -0.102. The summed E-state index contributed by atoms with van der Waals surface area (Å²) in [5, 5.41) is 14.6. The molecule has 1 aliphatic rings. The lowest BCUT2D eigenvalue weighted by atomic mass is 9.92. The number of aliphatic hydroxyl groups is 1. The number of benzene rings is 1. The molecule has 0 aliphatic carbocycles. The fraction of sp³-hybridized carbons (Fsp3) is 0.176. The van der Waals surface area contributed by atoms with E-state index >= 15 is 0 Å². The summed E-state index contributed by atoms with van der Waals surface area (Å²) >= 11 is 0. The molecule has 0 saturated heterocycles. The van der Waals surface area contributed by atoms with Crippen LogP contribution < -0.4 is 5.43 Å². The lowest BCUT2D eigenvalue weighted by Crippen LogP contribution is -2.35. The van der Waals surface area contributed by atoms with Crippen LogP contribution in [0.2, 0.25) is 0 Å². The van der Waals surface area contributed by atoms with Crippen molar-refractivity contribution in [2.45, 2.75) is 6.42 Å². The van der Waals surface area contributed by atoms with E-state index in [0.717, 1.165) is 27.9 Å². The van der Waals surface area contributed by atoms with Gasteiger partial charge in [-0.1, -0.05) is 6.07 Å². The van der Waals surface area contributed by atoms with Gasteiger partial charge in [0.05, 0.1) is 24.3 Å². The first-order valence-electron chi connectivity index (χ1n) is 7.39. The molecule has 1 amide bonds.